The maximum atomic E-state index is 11.2. The molecule has 1 N–H and O–H groups in total. The summed E-state index contributed by atoms with van der Waals surface area (Å²) in [5.74, 6) is 0.576. The fourth-order valence-corrected chi connectivity index (χ4v) is 3.47. The van der Waals surface area contributed by atoms with Gasteiger partial charge in [0.1, 0.15) is 0 Å². The Bertz CT molecular complexity index is 291. The van der Waals surface area contributed by atoms with Crippen LogP contribution in [0.4, 0.5) is 0 Å². The van der Waals surface area contributed by atoms with E-state index in [0.717, 1.165) is 6.42 Å². The Morgan fingerprint density at radius 2 is 2.25 bits per heavy atom. The maximum absolute atomic E-state index is 11.2. The third-order valence-electron chi connectivity index (χ3n) is 2.57. The first-order valence-corrected chi connectivity index (χ1v) is 7.40. The van der Waals surface area contributed by atoms with Crippen molar-refractivity contribution in [1.82, 2.24) is 5.32 Å². The van der Waals surface area contributed by atoms with E-state index >= 15 is 0 Å². The first kappa shape index (κ1) is 13.9. The molecule has 0 radical (unpaired) electrons. The zero-order valence-corrected chi connectivity index (χ0v) is 10.8. The van der Waals surface area contributed by atoms with Crippen LogP contribution in [-0.2, 0) is 19.3 Å². The van der Waals surface area contributed by atoms with E-state index in [4.69, 9.17) is 9.47 Å². The number of hydrogen-bond acceptors (Lipinski definition) is 5. The van der Waals surface area contributed by atoms with Gasteiger partial charge in [0.15, 0.2) is 9.84 Å². The number of ether oxygens (including phenoxy) is 2. The lowest BCUT2D eigenvalue weighted by Gasteiger charge is -2.14. The van der Waals surface area contributed by atoms with Gasteiger partial charge in [-0.25, -0.2) is 8.42 Å². The minimum Gasteiger partial charge on any atom is -0.382 e. The highest BCUT2D eigenvalue weighted by Crippen LogP contribution is 2.10. The van der Waals surface area contributed by atoms with Crippen LogP contribution in [0.5, 0.6) is 0 Å². The molecule has 2 unspecified atom stereocenters. The topological polar surface area (TPSA) is 64.6 Å². The summed E-state index contributed by atoms with van der Waals surface area (Å²) in [6.07, 6.45) is 0.801. The normalized spacial score (nSPS) is 25.8. The SMILES string of the molecule is COCC(C)OCCNC1CCS(=O)(=O)C1. The molecule has 1 rings (SSSR count). The molecular weight excluding hydrogens is 230 g/mol. The third-order valence-corrected chi connectivity index (χ3v) is 4.34. The fourth-order valence-electron chi connectivity index (χ4n) is 1.76. The fraction of sp³-hybridized carbons (Fsp3) is 1.00. The molecule has 1 aliphatic heterocycles. The Morgan fingerprint density at radius 1 is 1.50 bits per heavy atom. The van der Waals surface area contributed by atoms with Gasteiger partial charge >= 0.3 is 0 Å². The molecule has 1 aliphatic rings. The zero-order chi connectivity index (χ0) is 12.0. The second-order valence-electron chi connectivity index (χ2n) is 4.19. The Balaban J connectivity index is 2.04. The number of rotatable bonds is 7. The molecule has 16 heavy (non-hydrogen) atoms. The molecular formula is C10H21NO4S. The summed E-state index contributed by atoms with van der Waals surface area (Å²) in [5, 5.41) is 3.19. The lowest BCUT2D eigenvalue weighted by atomic mass is 10.3. The predicted molar refractivity (Wildman–Crippen MR) is 62.4 cm³/mol. The van der Waals surface area contributed by atoms with Crippen LogP contribution in [0.25, 0.3) is 0 Å². The second kappa shape index (κ2) is 6.54. The molecule has 0 aromatic rings. The van der Waals surface area contributed by atoms with Crippen molar-refractivity contribution < 1.29 is 17.9 Å². The van der Waals surface area contributed by atoms with Crippen molar-refractivity contribution >= 4 is 9.84 Å². The Hall–Kier alpha value is -0.170. The van der Waals surface area contributed by atoms with E-state index < -0.39 is 9.84 Å². The summed E-state index contributed by atoms with van der Waals surface area (Å²) >= 11 is 0. The number of hydrogen-bond donors (Lipinski definition) is 1. The Morgan fingerprint density at radius 3 is 2.81 bits per heavy atom. The van der Waals surface area contributed by atoms with E-state index in [0.29, 0.717) is 25.5 Å². The minimum atomic E-state index is -2.78. The molecule has 1 heterocycles. The Kier molecular flexibility index (Phi) is 5.68. The third kappa shape index (κ3) is 5.25. The van der Waals surface area contributed by atoms with E-state index in [1.807, 2.05) is 6.92 Å². The summed E-state index contributed by atoms with van der Waals surface area (Å²) in [6, 6.07) is 0.103. The molecule has 0 saturated carbocycles. The van der Waals surface area contributed by atoms with Gasteiger partial charge in [-0.3, -0.25) is 0 Å². The molecule has 0 aromatic carbocycles. The van der Waals surface area contributed by atoms with Gasteiger partial charge < -0.3 is 14.8 Å². The van der Waals surface area contributed by atoms with Crippen LogP contribution >= 0.6 is 0 Å². The largest absolute Gasteiger partial charge is 0.382 e. The van der Waals surface area contributed by atoms with Crippen molar-refractivity contribution in [2.45, 2.75) is 25.5 Å². The molecule has 0 aliphatic carbocycles. The summed E-state index contributed by atoms with van der Waals surface area (Å²) in [4.78, 5) is 0. The second-order valence-corrected chi connectivity index (χ2v) is 6.42. The molecule has 0 bridgehead atoms. The van der Waals surface area contributed by atoms with Gasteiger partial charge in [0.2, 0.25) is 0 Å². The van der Waals surface area contributed by atoms with Crippen LogP contribution in [-0.4, -0.2) is 58.9 Å². The summed E-state index contributed by atoms with van der Waals surface area (Å²) in [5.41, 5.74) is 0. The summed E-state index contributed by atoms with van der Waals surface area (Å²) in [7, 11) is -1.14. The van der Waals surface area contributed by atoms with E-state index in [2.05, 4.69) is 5.32 Å². The van der Waals surface area contributed by atoms with Crippen LogP contribution < -0.4 is 5.32 Å². The average molecular weight is 251 g/mol. The zero-order valence-electron chi connectivity index (χ0n) is 9.94. The highest BCUT2D eigenvalue weighted by molar-refractivity contribution is 7.91. The Labute approximate surface area is 97.4 Å². The van der Waals surface area contributed by atoms with E-state index in [1.165, 1.54) is 0 Å². The van der Waals surface area contributed by atoms with Gasteiger partial charge in [0.25, 0.3) is 0 Å². The number of nitrogens with one attached hydrogen (secondary N) is 1. The summed E-state index contributed by atoms with van der Waals surface area (Å²) in [6.45, 7) is 3.80. The van der Waals surface area contributed by atoms with Gasteiger partial charge in [-0.05, 0) is 13.3 Å². The molecule has 2 atom stereocenters. The predicted octanol–water partition coefficient (Wildman–Crippen LogP) is -0.185. The van der Waals surface area contributed by atoms with E-state index in [9.17, 15) is 8.42 Å². The highest BCUT2D eigenvalue weighted by Gasteiger charge is 2.26. The van der Waals surface area contributed by atoms with Gasteiger partial charge in [-0.15, -0.1) is 0 Å². The first-order chi connectivity index (χ1) is 7.53. The standard InChI is InChI=1S/C10H21NO4S/c1-9(7-14-2)15-5-4-11-10-3-6-16(12,13)8-10/h9-11H,3-8H2,1-2H3. The smallest absolute Gasteiger partial charge is 0.151 e. The summed E-state index contributed by atoms with van der Waals surface area (Å²) < 4.78 is 32.8. The molecule has 1 fully saturated rings. The maximum Gasteiger partial charge on any atom is 0.151 e. The number of methoxy groups -OCH3 is 1. The lowest BCUT2D eigenvalue weighted by Crippen LogP contribution is -2.33. The molecule has 0 spiro atoms. The van der Waals surface area contributed by atoms with Crippen molar-refractivity contribution in [1.29, 1.82) is 0 Å². The quantitative estimate of drug-likeness (QED) is 0.636. The molecule has 0 aromatic heterocycles. The van der Waals surface area contributed by atoms with Crippen LogP contribution in [0, 0.1) is 0 Å². The monoisotopic (exact) mass is 251 g/mol. The van der Waals surface area contributed by atoms with Crippen LogP contribution in [0.3, 0.4) is 0 Å². The molecule has 0 amide bonds. The van der Waals surface area contributed by atoms with Crippen molar-refractivity contribution in [3.63, 3.8) is 0 Å². The van der Waals surface area contributed by atoms with Gasteiger partial charge in [0.05, 0.1) is 30.8 Å². The number of sulfone groups is 1. The first-order valence-electron chi connectivity index (χ1n) is 5.58. The van der Waals surface area contributed by atoms with E-state index in [1.54, 1.807) is 7.11 Å². The lowest BCUT2D eigenvalue weighted by molar-refractivity contribution is 0.0102. The van der Waals surface area contributed by atoms with Crippen LogP contribution in [0.2, 0.25) is 0 Å². The highest BCUT2D eigenvalue weighted by atomic mass is 32.2. The molecule has 5 nitrogen and oxygen atoms in total. The van der Waals surface area contributed by atoms with Crippen LogP contribution in [0.15, 0.2) is 0 Å². The minimum absolute atomic E-state index is 0.0825. The van der Waals surface area contributed by atoms with Crippen molar-refractivity contribution in [3.05, 3.63) is 0 Å². The molecule has 96 valence electrons. The molecule has 6 heteroatoms. The van der Waals surface area contributed by atoms with Crippen molar-refractivity contribution in [3.8, 4) is 0 Å². The average Bonchev–Trinajstić information content (AvgIpc) is 2.54. The van der Waals surface area contributed by atoms with E-state index in [-0.39, 0.29) is 17.9 Å². The van der Waals surface area contributed by atoms with Gasteiger partial charge in [-0.1, -0.05) is 0 Å². The van der Waals surface area contributed by atoms with Gasteiger partial charge in [-0.2, -0.15) is 0 Å². The van der Waals surface area contributed by atoms with Crippen molar-refractivity contribution in [2.75, 3.05) is 38.4 Å². The van der Waals surface area contributed by atoms with Crippen LogP contribution in [0.1, 0.15) is 13.3 Å². The molecule has 1 saturated heterocycles. The van der Waals surface area contributed by atoms with Gasteiger partial charge in [0, 0.05) is 19.7 Å². The van der Waals surface area contributed by atoms with Crippen molar-refractivity contribution in [2.24, 2.45) is 0 Å².